The van der Waals surface area contributed by atoms with Crippen LogP contribution < -0.4 is 5.32 Å². The highest BCUT2D eigenvalue weighted by Gasteiger charge is 2.16. The molecule has 0 saturated heterocycles. The van der Waals surface area contributed by atoms with Crippen molar-refractivity contribution in [1.82, 2.24) is 20.1 Å². The third-order valence-electron chi connectivity index (χ3n) is 3.18. The molecule has 0 bridgehead atoms. The molecule has 2 aromatic rings. The Balaban J connectivity index is 2.14. The van der Waals surface area contributed by atoms with Crippen LogP contribution in [0.5, 0.6) is 0 Å². The smallest absolute Gasteiger partial charge is 0.138 e. The number of rotatable bonds is 7. The zero-order valence-corrected chi connectivity index (χ0v) is 11.9. The number of nitrogens with zero attached hydrogens (tertiary/aromatic N) is 3. The summed E-state index contributed by atoms with van der Waals surface area (Å²) in [7, 11) is 0. The van der Waals surface area contributed by atoms with E-state index in [1.54, 1.807) is 6.33 Å². The Morgan fingerprint density at radius 2 is 2.26 bits per heavy atom. The fraction of sp³-hybridized carbons (Fsp3) is 0.571. The van der Waals surface area contributed by atoms with Crippen molar-refractivity contribution in [2.24, 2.45) is 0 Å². The number of hydrogen-bond donors (Lipinski definition) is 1. The van der Waals surface area contributed by atoms with Crippen molar-refractivity contribution in [3.8, 4) is 0 Å². The van der Waals surface area contributed by atoms with Crippen molar-refractivity contribution < 1.29 is 4.42 Å². The predicted octanol–water partition coefficient (Wildman–Crippen LogP) is 2.48. The molecular formula is C14H22N4O. The SMILES string of the molecule is CCCNC(Cc1ncnn1CC)c1coc(C)c1. The van der Waals surface area contributed by atoms with Gasteiger partial charge in [0, 0.05) is 24.6 Å². The Labute approximate surface area is 114 Å². The zero-order chi connectivity index (χ0) is 13.7. The third kappa shape index (κ3) is 3.44. The van der Waals surface area contributed by atoms with Crippen molar-refractivity contribution in [3.05, 3.63) is 35.8 Å². The molecule has 0 fully saturated rings. The van der Waals surface area contributed by atoms with Crippen LogP contribution in [0.25, 0.3) is 0 Å². The highest BCUT2D eigenvalue weighted by molar-refractivity contribution is 5.17. The molecule has 2 heterocycles. The number of aromatic nitrogens is 3. The summed E-state index contributed by atoms with van der Waals surface area (Å²) in [5, 5.41) is 7.77. The lowest BCUT2D eigenvalue weighted by atomic mass is 10.1. The van der Waals surface area contributed by atoms with Gasteiger partial charge in [0.25, 0.3) is 0 Å². The average Bonchev–Trinajstić information content (AvgIpc) is 3.02. The number of nitrogens with one attached hydrogen (secondary N) is 1. The van der Waals surface area contributed by atoms with Gasteiger partial charge >= 0.3 is 0 Å². The number of hydrogen-bond acceptors (Lipinski definition) is 4. The lowest BCUT2D eigenvalue weighted by Gasteiger charge is -2.16. The van der Waals surface area contributed by atoms with Crippen molar-refractivity contribution in [2.45, 2.75) is 46.2 Å². The van der Waals surface area contributed by atoms with Gasteiger partial charge in [-0.3, -0.25) is 4.68 Å². The van der Waals surface area contributed by atoms with Gasteiger partial charge in [0.2, 0.25) is 0 Å². The molecule has 0 aliphatic heterocycles. The highest BCUT2D eigenvalue weighted by atomic mass is 16.3. The monoisotopic (exact) mass is 262 g/mol. The molecule has 5 heteroatoms. The van der Waals surface area contributed by atoms with E-state index in [0.717, 1.165) is 37.5 Å². The highest BCUT2D eigenvalue weighted by Crippen LogP contribution is 2.20. The fourth-order valence-electron chi connectivity index (χ4n) is 2.17. The van der Waals surface area contributed by atoms with E-state index >= 15 is 0 Å². The first-order valence-electron chi connectivity index (χ1n) is 6.89. The maximum Gasteiger partial charge on any atom is 0.138 e. The van der Waals surface area contributed by atoms with Crippen LogP contribution in [0.4, 0.5) is 0 Å². The quantitative estimate of drug-likeness (QED) is 0.833. The van der Waals surface area contributed by atoms with Gasteiger partial charge in [-0.05, 0) is 32.9 Å². The van der Waals surface area contributed by atoms with Crippen molar-refractivity contribution in [1.29, 1.82) is 0 Å². The Kier molecular flexibility index (Phi) is 4.74. The third-order valence-corrected chi connectivity index (χ3v) is 3.18. The molecule has 1 unspecified atom stereocenters. The van der Waals surface area contributed by atoms with Gasteiger partial charge in [0.05, 0.1) is 6.26 Å². The van der Waals surface area contributed by atoms with E-state index in [2.05, 4.69) is 35.3 Å². The Morgan fingerprint density at radius 3 is 2.89 bits per heavy atom. The normalized spacial score (nSPS) is 12.8. The van der Waals surface area contributed by atoms with E-state index in [1.807, 2.05) is 17.9 Å². The van der Waals surface area contributed by atoms with Gasteiger partial charge in [-0.25, -0.2) is 4.98 Å². The maximum absolute atomic E-state index is 5.42. The fourth-order valence-corrected chi connectivity index (χ4v) is 2.17. The summed E-state index contributed by atoms with van der Waals surface area (Å²) in [6.45, 7) is 8.04. The van der Waals surface area contributed by atoms with Gasteiger partial charge in [-0.2, -0.15) is 5.10 Å². The van der Waals surface area contributed by atoms with Gasteiger partial charge in [-0.15, -0.1) is 0 Å². The van der Waals surface area contributed by atoms with Crippen molar-refractivity contribution in [3.63, 3.8) is 0 Å². The molecule has 104 valence electrons. The van der Waals surface area contributed by atoms with Crippen LogP contribution in [0.15, 0.2) is 23.1 Å². The standard InChI is InChI=1S/C14H22N4O/c1-4-6-15-13(12-7-11(3)19-9-12)8-14-16-10-17-18(14)5-2/h7,9-10,13,15H,4-6,8H2,1-3H3. The minimum absolute atomic E-state index is 0.229. The molecule has 19 heavy (non-hydrogen) atoms. The summed E-state index contributed by atoms with van der Waals surface area (Å²) >= 11 is 0. The van der Waals surface area contributed by atoms with Crippen LogP contribution in [-0.4, -0.2) is 21.3 Å². The molecule has 2 aromatic heterocycles. The molecule has 0 amide bonds. The Bertz CT molecular complexity index is 503. The second kappa shape index (κ2) is 6.52. The van der Waals surface area contributed by atoms with Crippen LogP contribution in [0, 0.1) is 6.92 Å². The van der Waals surface area contributed by atoms with Crippen LogP contribution in [0.2, 0.25) is 0 Å². The number of aryl methyl sites for hydroxylation is 2. The van der Waals surface area contributed by atoms with E-state index < -0.39 is 0 Å². The van der Waals surface area contributed by atoms with Crippen LogP contribution in [0.3, 0.4) is 0 Å². The van der Waals surface area contributed by atoms with Gasteiger partial charge in [0.1, 0.15) is 17.9 Å². The molecular weight excluding hydrogens is 240 g/mol. The first-order valence-corrected chi connectivity index (χ1v) is 6.89. The largest absolute Gasteiger partial charge is 0.469 e. The Hall–Kier alpha value is -1.62. The van der Waals surface area contributed by atoms with Crippen LogP contribution >= 0.6 is 0 Å². The summed E-state index contributed by atoms with van der Waals surface area (Å²) in [5.41, 5.74) is 1.18. The molecule has 0 saturated carbocycles. The predicted molar refractivity (Wildman–Crippen MR) is 73.9 cm³/mol. The summed E-state index contributed by atoms with van der Waals surface area (Å²) in [6, 6.07) is 2.31. The van der Waals surface area contributed by atoms with E-state index in [0.29, 0.717) is 0 Å². The molecule has 5 nitrogen and oxygen atoms in total. The summed E-state index contributed by atoms with van der Waals surface area (Å²) in [5.74, 6) is 1.95. The molecule has 1 N–H and O–H groups in total. The summed E-state index contributed by atoms with van der Waals surface area (Å²) < 4.78 is 7.36. The van der Waals surface area contributed by atoms with Crippen molar-refractivity contribution in [2.75, 3.05) is 6.54 Å². The average molecular weight is 262 g/mol. The molecule has 2 rings (SSSR count). The van der Waals surface area contributed by atoms with Crippen LogP contribution in [-0.2, 0) is 13.0 Å². The molecule has 0 radical (unpaired) electrons. The minimum atomic E-state index is 0.229. The zero-order valence-electron chi connectivity index (χ0n) is 11.9. The van der Waals surface area contributed by atoms with Gasteiger partial charge in [-0.1, -0.05) is 6.92 Å². The molecule has 0 aliphatic rings. The lowest BCUT2D eigenvalue weighted by molar-refractivity contribution is 0.484. The second-order valence-electron chi connectivity index (χ2n) is 4.69. The number of furan rings is 1. The topological polar surface area (TPSA) is 55.9 Å². The van der Waals surface area contributed by atoms with E-state index in [1.165, 1.54) is 5.56 Å². The minimum Gasteiger partial charge on any atom is -0.469 e. The second-order valence-corrected chi connectivity index (χ2v) is 4.69. The van der Waals surface area contributed by atoms with Gasteiger partial charge < -0.3 is 9.73 Å². The Morgan fingerprint density at radius 1 is 1.42 bits per heavy atom. The first kappa shape index (κ1) is 13.8. The maximum atomic E-state index is 5.42. The van der Waals surface area contributed by atoms with E-state index in [9.17, 15) is 0 Å². The van der Waals surface area contributed by atoms with Gasteiger partial charge in [0.15, 0.2) is 0 Å². The van der Waals surface area contributed by atoms with E-state index in [-0.39, 0.29) is 6.04 Å². The summed E-state index contributed by atoms with van der Waals surface area (Å²) in [4.78, 5) is 4.35. The summed E-state index contributed by atoms with van der Waals surface area (Å²) in [6.07, 6.45) is 5.38. The van der Waals surface area contributed by atoms with Crippen molar-refractivity contribution >= 4 is 0 Å². The van der Waals surface area contributed by atoms with Crippen LogP contribution in [0.1, 0.15) is 43.5 Å². The lowest BCUT2D eigenvalue weighted by Crippen LogP contribution is -2.25. The molecule has 0 spiro atoms. The first-order chi connectivity index (χ1) is 9.24. The molecule has 1 atom stereocenters. The van der Waals surface area contributed by atoms with E-state index in [4.69, 9.17) is 4.42 Å². The molecule has 0 aliphatic carbocycles. The molecule has 0 aromatic carbocycles.